The van der Waals surface area contributed by atoms with Crippen LogP contribution >= 0.6 is 0 Å². The zero-order valence-electron chi connectivity index (χ0n) is 15.4. The maximum Gasteiger partial charge on any atom is 0.335 e. The highest BCUT2D eigenvalue weighted by atomic mass is 16.6. The van der Waals surface area contributed by atoms with Crippen LogP contribution in [0.4, 0.5) is 5.69 Å². The van der Waals surface area contributed by atoms with E-state index < -0.39 is 22.5 Å². The number of nitrogens with zero attached hydrogens (tertiary/aromatic N) is 2. The van der Waals surface area contributed by atoms with Crippen LogP contribution in [0.15, 0.2) is 48.5 Å². The summed E-state index contributed by atoms with van der Waals surface area (Å²) < 4.78 is 0. The molecule has 0 unspecified atom stereocenters. The van der Waals surface area contributed by atoms with Crippen molar-refractivity contribution in [3.63, 3.8) is 0 Å². The fraction of sp³-hybridized carbons (Fsp3) is 0.250. The fourth-order valence-electron chi connectivity index (χ4n) is 3.23. The van der Waals surface area contributed by atoms with Gasteiger partial charge in [0, 0.05) is 42.4 Å². The minimum absolute atomic E-state index is 0.0693. The van der Waals surface area contributed by atoms with Crippen molar-refractivity contribution in [2.75, 3.05) is 13.1 Å². The molecule has 1 fully saturated rings. The number of nitrogens with one attached hydrogen (secondary N) is 1. The number of carboxylic acid groups (broad SMARTS) is 1. The molecule has 0 saturated carbocycles. The van der Waals surface area contributed by atoms with Crippen molar-refractivity contribution in [3.05, 3.63) is 75.3 Å². The fourth-order valence-corrected chi connectivity index (χ4v) is 3.23. The van der Waals surface area contributed by atoms with Crippen LogP contribution in [-0.2, 0) is 0 Å². The number of aromatic carboxylic acids is 1. The third-order valence-electron chi connectivity index (χ3n) is 4.78. The number of carbonyl (C=O) groups excluding carboxylic acids is 2. The van der Waals surface area contributed by atoms with Crippen molar-refractivity contribution < 1.29 is 24.4 Å². The van der Waals surface area contributed by atoms with Gasteiger partial charge in [0.2, 0.25) is 0 Å². The van der Waals surface area contributed by atoms with Gasteiger partial charge in [-0.1, -0.05) is 18.2 Å². The van der Waals surface area contributed by atoms with Crippen LogP contribution in [0.3, 0.4) is 0 Å². The number of hydrogen-bond acceptors (Lipinski definition) is 5. The maximum atomic E-state index is 12.5. The van der Waals surface area contributed by atoms with E-state index in [9.17, 15) is 24.5 Å². The van der Waals surface area contributed by atoms with Gasteiger partial charge in [0.1, 0.15) is 0 Å². The Bertz CT molecular complexity index is 920. The number of benzene rings is 2. The summed E-state index contributed by atoms with van der Waals surface area (Å²) in [4.78, 5) is 48.1. The molecule has 2 N–H and O–H groups in total. The van der Waals surface area contributed by atoms with E-state index in [2.05, 4.69) is 5.32 Å². The van der Waals surface area contributed by atoms with Gasteiger partial charge in [-0.3, -0.25) is 19.7 Å². The molecule has 3 rings (SSSR count). The number of carboxylic acids is 1. The first-order chi connectivity index (χ1) is 13.8. The van der Waals surface area contributed by atoms with Gasteiger partial charge in [-0.15, -0.1) is 0 Å². The molecule has 2 amide bonds. The average Bonchev–Trinajstić information content (AvgIpc) is 2.74. The van der Waals surface area contributed by atoms with Crippen LogP contribution in [0.2, 0.25) is 0 Å². The quantitative estimate of drug-likeness (QED) is 0.588. The van der Waals surface area contributed by atoms with Crippen molar-refractivity contribution in [1.82, 2.24) is 10.2 Å². The van der Waals surface area contributed by atoms with Crippen LogP contribution in [0, 0.1) is 10.1 Å². The van der Waals surface area contributed by atoms with E-state index in [1.807, 2.05) is 6.07 Å². The highest BCUT2D eigenvalue weighted by Crippen LogP contribution is 2.19. The van der Waals surface area contributed by atoms with E-state index in [0.717, 1.165) is 18.2 Å². The summed E-state index contributed by atoms with van der Waals surface area (Å²) in [6, 6.07) is 11.8. The molecule has 0 spiro atoms. The summed E-state index contributed by atoms with van der Waals surface area (Å²) in [5, 5.41) is 22.9. The number of rotatable bonds is 5. The molecule has 0 aliphatic carbocycles. The summed E-state index contributed by atoms with van der Waals surface area (Å²) in [6.07, 6.45) is 1.07. The average molecular weight is 397 g/mol. The van der Waals surface area contributed by atoms with Gasteiger partial charge in [-0.05, 0) is 31.0 Å². The summed E-state index contributed by atoms with van der Waals surface area (Å²) in [5.74, 6) is -2.00. The molecular weight excluding hydrogens is 378 g/mol. The summed E-state index contributed by atoms with van der Waals surface area (Å²) in [5.41, 5.74) is -0.266. The van der Waals surface area contributed by atoms with E-state index in [1.165, 1.54) is 0 Å². The molecule has 1 aliphatic heterocycles. The number of non-ortho nitro benzene ring substituents is 1. The first-order valence-electron chi connectivity index (χ1n) is 9.03. The molecule has 0 atom stereocenters. The number of hydrogen-bond donors (Lipinski definition) is 2. The molecule has 1 heterocycles. The second kappa shape index (κ2) is 8.51. The predicted molar refractivity (Wildman–Crippen MR) is 103 cm³/mol. The van der Waals surface area contributed by atoms with Gasteiger partial charge in [-0.25, -0.2) is 4.79 Å². The molecular formula is C20H19N3O6. The van der Waals surface area contributed by atoms with Gasteiger partial charge in [-0.2, -0.15) is 0 Å². The SMILES string of the molecule is O=C(O)c1cc(C(=O)NC2CCN(C(=O)c3ccccc3)CC2)cc([N+](=O)[O-])c1. The molecule has 9 heteroatoms. The van der Waals surface area contributed by atoms with Crippen molar-refractivity contribution in [3.8, 4) is 0 Å². The lowest BCUT2D eigenvalue weighted by atomic mass is 10.0. The lowest BCUT2D eigenvalue weighted by Crippen LogP contribution is -2.46. The number of likely N-dealkylation sites (tertiary alicyclic amines) is 1. The Kier molecular flexibility index (Phi) is 5.87. The monoisotopic (exact) mass is 397 g/mol. The molecule has 0 aromatic heterocycles. The van der Waals surface area contributed by atoms with E-state index in [0.29, 0.717) is 31.5 Å². The van der Waals surface area contributed by atoms with Crippen molar-refractivity contribution in [2.45, 2.75) is 18.9 Å². The van der Waals surface area contributed by atoms with Gasteiger partial charge >= 0.3 is 5.97 Å². The summed E-state index contributed by atoms with van der Waals surface area (Å²) >= 11 is 0. The largest absolute Gasteiger partial charge is 0.478 e. The van der Waals surface area contributed by atoms with Crippen LogP contribution in [0.25, 0.3) is 0 Å². The third-order valence-corrected chi connectivity index (χ3v) is 4.78. The molecule has 1 saturated heterocycles. The van der Waals surface area contributed by atoms with Crippen molar-refractivity contribution in [1.29, 1.82) is 0 Å². The normalized spacial score (nSPS) is 14.3. The van der Waals surface area contributed by atoms with Crippen LogP contribution in [-0.4, -0.2) is 51.8 Å². The van der Waals surface area contributed by atoms with Crippen LogP contribution < -0.4 is 5.32 Å². The number of amides is 2. The molecule has 9 nitrogen and oxygen atoms in total. The number of piperidine rings is 1. The van der Waals surface area contributed by atoms with E-state index in [-0.39, 0.29) is 23.1 Å². The predicted octanol–water partition coefficient (Wildman–Crippen LogP) is 2.33. The summed E-state index contributed by atoms with van der Waals surface area (Å²) in [7, 11) is 0. The second-order valence-electron chi connectivity index (χ2n) is 6.74. The maximum absolute atomic E-state index is 12.5. The lowest BCUT2D eigenvalue weighted by molar-refractivity contribution is -0.384. The van der Waals surface area contributed by atoms with Gasteiger partial charge in [0.05, 0.1) is 10.5 Å². The molecule has 2 aromatic carbocycles. The Morgan fingerprint density at radius 3 is 2.21 bits per heavy atom. The molecule has 0 bridgehead atoms. The Morgan fingerprint density at radius 1 is 1.00 bits per heavy atom. The molecule has 29 heavy (non-hydrogen) atoms. The number of carbonyl (C=O) groups is 3. The van der Waals surface area contributed by atoms with Crippen molar-refractivity contribution >= 4 is 23.5 Å². The number of nitro benzene ring substituents is 1. The van der Waals surface area contributed by atoms with Crippen LogP contribution in [0.1, 0.15) is 43.9 Å². The van der Waals surface area contributed by atoms with E-state index in [1.54, 1.807) is 29.2 Å². The van der Waals surface area contributed by atoms with Gasteiger partial charge in [0.15, 0.2) is 0 Å². The van der Waals surface area contributed by atoms with E-state index in [4.69, 9.17) is 5.11 Å². The zero-order chi connectivity index (χ0) is 21.0. The number of nitro groups is 1. The lowest BCUT2D eigenvalue weighted by Gasteiger charge is -2.32. The second-order valence-corrected chi connectivity index (χ2v) is 6.74. The molecule has 2 aromatic rings. The van der Waals surface area contributed by atoms with Crippen molar-refractivity contribution in [2.24, 2.45) is 0 Å². The van der Waals surface area contributed by atoms with Gasteiger partial charge < -0.3 is 15.3 Å². The Hall–Kier alpha value is -3.75. The molecule has 0 radical (unpaired) electrons. The first kappa shape index (κ1) is 20.0. The standard InChI is InChI=1S/C20H19N3O6/c24-18(14-10-15(20(26)27)12-17(11-14)23(28)29)21-16-6-8-22(9-7-16)19(25)13-4-2-1-3-5-13/h1-5,10-12,16H,6-9H2,(H,21,24)(H,26,27). The highest BCUT2D eigenvalue weighted by Gasteiger charge is 2.25. The minimum Gasteiger partial charge on any atom is -0.478 e. The van der Waals surface area contributed by atoms with Gasteiger partial charge in [0.25, 0.3) is 17.5 Å². The topological polar surface area (TPSA) is 130 Å². The van der Waals surface area contributed by atoms with Crippen LogP contribution in [0.5, 0.6) is 0 Å². The minimum atomic E-state index is -1.35. The Labute approximate surface area is 166 Å². The van der Waals surface area contributed by atoms with E-state index >= 15 is 0 Å². The highest BCUT2D eigenvalue weighted by molar-refractivity contribution is 5.98. The molecule has 1 aliphatic rings. The summed E-state index contributed by atoms with van der Waals surface area (Å²) in [6.45, 7) is 0.933. The Morgan fingerprint density at radius 2 is 1.62 bits per heavy atom. The zero-order valence-corrected chi connectivity index (χ0v) is 15.4. The smallest absolute Gasteiger partial charge is 0.335 e. The Balaban J connectivity index is 1.63. The first-order valence-corrected chi connectivity index (χ1v) is 9.03. The molecule has 150 valence electrons. The third kappa shape index (κ3) is 4.75.